The van der Waals surface area contributed by atoms with Gasteiger partial charge in [0.05, 0.1) is 11.5 Å². The van der Waals surface area contributed by atoms with Crippen LogP contribution in [0.4, 0.5) is 4.79 Å². The van der Waals surface area contributed by atoms with E-state index < -0.39 is 17.6 Å². The molecule has 2 aromatic carbocycles. The lowest BCUT2D eigenvalue weighted by molar-refractivity contribution is -0.143. The largest absolute Gasteiger partial charge is 0.465 e. The first kappa shape index (κ1) is 22.1. The number of piperazine rings is 1. The van der Waals surface area contributed by atoms with Crippen molar-refractivity contribution in [3.63, 3.8) is 0 Å². The number of carboxylic acid groups (broad SMARTS) is 1. The highest BCUT2D eigenvalue weighted by Gasteiger charge is 2.45. The van der Waals surface area contributed by atoms with E-state index in [0.717, 1.165) is 24.8 Å². The van der Waals surface area contributed by atoms with Gasteiger partial charge in [-0.05, 0) is 42.7 Å². The smallest absolute Gasteiger partial charge is 0.407 e. The van der Waals surface area contributed by atoms with Crippen LogP contribution in [-0.4, -0.2) is 63.8 Å². The number of benzene rings is 2. The van der Waals surface area contributed by atoms with Crippen LogP contribution in [-0.2, 0) is 4.79 Å². The van der Waals surface area contributed by atoms with Crippen LogP contribution < -0.4 is 4.74 Å². The molecule has 1 unspecified atom stereocenters. The first-order chi connectivity index (χ1) is 15.5. The number of ether oxygens (including phenoxy) is 1. The number of rotatable bonds is 5. The fourth-order valence-electron chi connectivity index (χ4n) is 4.82. The van der Waals surface area contributed by atoms with Crippen molar-refractivity contribution in [1.82, 2.24) is 9.80 Å². The zero-order chi connectivity index (χ0) is 22.6. The maximum Gasteiger partial charge on any atom is 0.407 e. The van der Waals surface area contributed by atoms with Crippen molar-refractivity contribution in [2.75, 3.05) is 26.2 Å². The molecule has 7 nitrogen and oxygen atoms in total. The van der Waals surface area contributed by atoms with E-state index in [-0.39, 0.29) is 19.0 Å². The van der Waals surface area contributed by atoms with E-state index in [9.17, 15) is 19.8 Å². The predicted octanol–water partition coefficient (Wildman–Crippen LogP) is 4.08. The van der Waals surface area contributed by atoms with Crippen molar-refractivity contribution in [1.29, 1.82) is 0 Å². The molecule has 1 saturated heterocycles. The van der Waals surface area contributed by atoms with Crippen molar-refractivity contribution in [3.05, 3.63) is 60.2 Å². The molecule has 2 amide bonds. The summed E-state index contributed by atoms with van der Waals surface area (Å²) in [6.45, 7) is 1.22. The molecule has 32 heavy (non-hydrogen) atoms. The van der Waals surface area contributed by atoms with Crippen molar-refractivity contribution in [2.45, 2.75) is 43.6 Å². The second-order valence-corrected chi connectivity index (χ2v) is 8.68. The highest BCUT2D eigenvalue weighted by atomic mass is 16.5. The Balaban J connectivity index is 1.61. The van der Waals surface area contributed by atoms with Gasteiger partial charge in [-0.2, -0.15) is 0 Å². The van der Waals surface area contributed by atoms with Crippen molar-refractivity contribution in [3.8, 4) is 11.5 Å². The van der Waals surface area contributed by atoms with E-state index in [1.165, 1.54) is 4.90 Å². The van der Waals surface area contributed by atoms with Gasteiger partial charge in [0.1, 0.15) is 11.5 Å². The Bertz CT molecular complexity index is 934. The molecule has 4 rings (SSSR count). The summed E-state index contributed by atoms with van der Waals surface area (Å²) in [5, 5.41) is 20.8. The van der Waals surface area contributed by atoms with E-state index in [0.29, 0.717) is 37.4 Å². The van der Waals surface area contributed by atoms with Gasteiger partial charge in [-0.3, -0.25) is 4.79 Å². The van der Waals surface area contributed by atoms with Crippen LogP contribution in [0.3, 0.4) is 0 Å². The summed E-state index contributed by atoms with van der Waals surface area (Å²) in [6, 6.07) is 16.9. The van der Waals surface area contributed by atoms with E-state index in [1.54, 1.807) is 4.90 Å². The first-order valence-corrected chi connectivity index (χ1v) is 11.3. The molecule has 0 radical (unpaired) electrons. The predicted molar refractivity (Wildman–Crippen MR) is 120 cm³/mol. The number of hydrogen-bond donors (Lipinski definition) is 2. The number of aliphatic hydroxyl groups is 1. The van der Waals surface area contributed by atoms with Gasteiger partial charge in [0.25, 0.3) is 0 Å². The SMILES string of the molecule is O=C(O)N1CCN(C(=O)C(c2cccc(Oc3ccccc3)c2)C2(O)CCCCC2)CC1. The molecule has 2 fully saturated rings. The number of hydrogen-bond acceptors (Lipinski definition) is 4. The normalized spacial score (nSPS) is 19.3. The number of para-hydroxylation sites is 1. The molecule has 0 bridgehead atoms. The Labute approximate surface area is 188 Å². The van der Waals surface area contributed by atoms with E-state index in [1.807, 2.05) is 54.6 Å². The minimum absolute atomic E-state index is 0.142. The molecule has 1 aliphatic heterocycles. The van der Waals surface area contributed by atoms with Crippen LogP contribution in [0.1, 0.15) is 43.6 Å². The maximum absolute atomic E-state index is 13.7. The number of amides is 2. The van der Waals surface area contributed by atoms with E-state index >= 15 is 0 Å². The van der Waals surface area contributed by atoms with E-state index in [2.05, 4.69) is 0 Å². The van der Waals surface area contributed by atoms with Gasteiger partial charge < -0.3 is 24.7 Å². The lowest BCUT2D eigenvalue weighted by Crippen LogP contribution is -2.54. The van der Waals surface area contributed by atoms with Gasteiger partial charge in [0.2, 0.25) is 5.91 Å². The van der Waals surface area contributed by atoms with Crippen molar-refractivity contribution >= 4 is 12.0 Å². The third kappa shape index (κ3) is 4.88. The summed E-state index contributed by atoms with van der Waals surface area (Å²) in [5.41, 5.74) is -0.390. The molecule has 1 aliphatic carbocycles. The second-order valence-electron chi connectivity index (χ2n) is 8.68. The summed E-state index contributed by atoms with van der Waals surface area (Å²) in [6.07, 6.45) is 2.99. The number of carbonyl (C=O) groups excluding carboxylic acids is 1. The number of nitrogens with zero attached hydrogens (tertiary/aromatic N) is 2. The molecule has 1 heterocycles. The average Bonchev–Trinajstić information content (AvgIpc) is 2.80. The summed E-state index contributed by atoms with van der Waals surface area (Å²) in [7, 11) is 0. The zero-order valence-corrected chi connectivity index (χ0v) is 18.2. The molecule has 1 saturated carbocycles. The fourth-order valence-corrected chi connectivity index (χ4v) is 4.82. The molecule has 0 aromatic heterocycles. The van der Waals surface area contributed by atoms with Gasteiger partial charge >= 0.3 is 6.09 Å². The molecule has 2 aliphatic rings. The molecule has 0 spiro atoms. The van der Waals surface area contributed by atoms with Gasteiger partial charge in [0, 0.05) is 26.2 Å². The Hall–Kier alpha value is -3.06. The topological polar surface area (TPSA) is 90.3 Å². The van der Waals surface area contributed by atoms with Crippen LogP contribution >= 0.6 is 0 Å². The molecule has 7 heteroatoms. The highest BCUT2D eigenvalue weighted by Crippen LogP contribution is 2.42. The first-order valence-electron chi connectivity index (χ1n) is 11.3. The van der Waals surface area contributed by atoms with Crippen LogP contribution in [0, 0.1) is 0 Å². The molecular weight excluding hydrogens is 408 g/mol. The molecule has 2 aromatic rings. The Morgan fingerprint density at radius 1 is 0.844 bits per heavy atom. The third-order valence-electron chi connectivity index (χ3n) is 6.54. The number of carbonyl (C=O) groups is 2. The van der Waals surface area contributed by atoms with Gasteiger partial charge in [-0.25, -0.2) is 4.79 Å². The van der Waals surface area contributed by atoms with Crippen LogP contribution in [0.15, 0.2) is 54.6 Å². The fraction of sp³-hybridized carbons (Fsp3) is 0.440. The summed E-state index contributed by atoms with van der Waals surface area (Å²) in [4.78, 5) is 28.0. The lowest BCUT2D eigenvalue weighted by Gasteiger charge is -2.42. The summed E-state index contributed by atoms with van der Waals surface area (Å²) < 4.78 is 5.98. The second kappa shape index (κ2) is 9.61. The highest BCUT2D eigenvalue weighted by molar-refractivity contribution is 5.85. The minimum Gasteiger partial charge on any atom is -0.465 e. The van der Waals surface area contributed by atoms with E-state index in [4.69, 9.17) is 4.74 Å². The minimum atomic E-state index is -1.12. The molecule has 2 N–H and O–H groups in total. The molecule has 170 valence electrons. The van der Waals surface area contributed by atoms with Gasteiger partial charge in [-0.1, -0.05) is 49.6 Å². The van der Waals surface area contributed by atoms with Crippen molar-refractivity contribution in [2.24, 2.45) is 0 Å². The third-order valence-corrected chi connectivity index (χ3v) is 6.54. The lowest BCUT2D eigenvalue weighted by atomic mass is 9.72. The van der Waals surface area contributed by atoms with Gasteiger partial charge in [-0.15, -0.1) is 0 Å². The summed E-state index contributed by atoms with van der Waals surface area (Å²) >= 11 is 0. The monoisotopic (exact) mass is 438 g/mol. The average molecular weight is 439 g/mol. The summed E-state index contributed by atoms with van der Waals surface area (Å²) in [5.74, 6) is 0.463. The zero-order valence-electron chi connectivity index (χ0n) is 18.2. The maximum atomic E-state index is 13.7. The Morgan fingerprint density at radius 3 is 2.12 bits per heavy atom. The quantitative estimate of drug-likeness (QED) is 0.734. The van der Waals surface area contributed by atoms with Gasteiger partial charge in [0.15, 0.2) is 0 Å². The standard InChI is InChI=1S/C25H30N2O5/c28-23(26-14-16-27(17-15-26)24(29)30)22(25(31)12-5-2-6-13-25)19-8-7-11-21(18-19)32-20-9-3-1-4-10-20/h1,3-4,7-11,18,22,31H,2,5-6,12-17H2,(H,29,30). The van der Waals surface area contributed by atoms with Crippen LogP contribution in [0.5, 0.6) is 11.5 Å². The van der Waals surface area contributed by atoms with Crippen molar-refractivity contribution < 1.29 is 24.5 Å². The Kier molecular flexibility index (Phi) is 6.65. The van der Waals surface area contributed by atoms with Crippen LogP contribution in [0.25, 0.3) is 0 Å². The molecule has 1 atom stereocenters. The Morgan fingerprint density at radius 2 is 1.47 bits per heavy atom. The molecular formula is C25H30N2O5. The van der Waals surface area contributed by atoms with Crippen LogP contribution in [0.2, 0.25) is 0 Å².